The number of amides is 1. The number of nitrogens with zero attached hydrogens (tertiary/aromatic N) is 2. The fourth-order valence-electron chi connectivity index (χ4n) is 2.53. The molecule has 0 atom stereocenters. The van der Waals surface area contributed by atoms with Gasteiger partial charge in [-0.1, -0.05) is 38.0 Å². The molecule has 0 bridgehead atoms. The van der Waals surface area contributed by atoms with Crippen LogP contribution in [0.25, 0.3) is 0 Å². The molecule has 0 unspecified atom stereocenters. The Morgan fingerprint density at radius 1 is 1.24 bits per heavy atom. The Hall–Kier alpha value is -2.63. The van der Waals surface area contributed by atoms with Crippen LogP contribution in [0.4, 0.5) is 0 Å². The van der Waals surface area contributed by atoms with Crippen molar-refractivity contribution in [1.82, 2.24) is 9.88 Å². The van der Waals surface area contributed by atoms with Crippen LogP contribution in [0.2, 0.25) is 0 Å². The number of rotatable bonds is 8. The first kappa shape index (κ1) is 18.7. The van der Waals surface area contributed by atoms with E-state index < -0.39 is 5.97 Å². The number of hydrogen-bond acceptors (Lipinski definition) is 5. The molecule has 0 fully saturated rings. The Morgan fingerprint density at radius 2 is 2.00 bits per heavy atom. The van der Waals surface area contributed by atoms with Gasteiger partial charge in [-0.25, -0.2) is 9.78 Å². The molecule has 0 aliphatic heterocycles. The quantitative estimate of drug-likeness (QED) is 0.540. The Kier molecular flexibility index (Phi) is 6.74. The number of methoxy groups -OCH3 is 1. The van der Waals surface area contributed by atoms with Crippen molar-refractivity contribution >= 4 is 11.9 Å². The summed E-state index contributed by atoms with van der Waals surface area (Å²) in [5, 5.41) is 0. The Morgan fingerprint density at radius 3 is 2.68 bits per heavy atom. The highest BCUT2D eigenvalue weighted by molar-refractivity contribution is 5.95. The van der Waals surface area contributed by atoms with Crippen molar-refractivity contribution in [1.29, 1.82) is 0 Å². The molecule has 1 amide bonds. The van der Waals surface area contributed by atoms with Gasteiger partial charge in [0.25, 0.3) is 5.91 Å². The van der Waals surface area contributed by atoms with Crippen molar-refractivity contribution in [3.05, 3.63) is 53.2 Å². The van der Waals surface area contributed by atoms with E-state index in [0.29, 0.717) is 18.0 Å². The highest BCUT2D eigenvalue weighted by atomic mass is 16.5. The van der Waals surface area contributed by atoms with Crippen molar-refractivity contribution < 1.29 is 18.7 Å². The summed E-state index contributed by atoms with van der Waals surface area (Å²) in [5.41, 5.74) is 1.70. The lowest BCUT2D eigenvalue weighted by molar-refractivity contribution is 0.0594. The highest BCUT2D eigenvalue weighted by Gasteiger charge is 2.20. The standard InChI is InChI=1S/C19H24N2O4/c1-4-5-8-11-21(18(22)15-10-7-6-9-14(15)2)12-17-20-16(13-25-17)19(23)24-3/h6-7,9-10,13H,4-5,8,11-12H2,1-3H3. The van der Waals surface area contributed by atoms with E-state index in [1.54, 1.807) is 4.90 Å². The summed E-state index contributed by atoms with van der Waals surface area (Å²) in [6, 6.07) is 7.49. The van der Waals surface area contributed by atoms with Gasteiger partial charge in [-0.2, -0.15) is 0 Å². The SMILES string of the molecule is CCCCCN(Cc1nc(C(=O)OC)co1)C(=O)c1ccccc1C. The van der Waals surface area contributed by atoms with Crippen LogP contribution < -0.4 is 0 Å². The number of hydrogen-bond donors (Lipinski definition) is 0. The molecule has 0 radical (unpaired) electrons. The molecule has 0 aliphatic rings. The summed E-state index contributed by atoms with van der Waals surface area (Å²) in [6.07, 6.45) is 4.26. The largest absolute Gasteiger partial charge is 0.464 e. The smallest absolute Gasteiger partial charge is 0.360 e. The van der Waals surface area contributed by atoms with E-state index >= 15 is 0 Å². The molecule has 6 nitrogen and oxygen atoms in total. The van der Waals surface area contributed by atoms with Crippen LogP contribution in [0.3, 0.4) is 0 Å². The van der Waals surface area contributed by atoms with Crippen LogP contribution in [0.15, 0.2) is 34.9 Å². The lowest BCUT2D eigenvalue weighted by atomic mass is 10.1. The van der Waals surface area contributed by atoms with Gasteiger partial charge in [0.05, 0.1) is 13.7 Å². The first-order chi connectivity index (χ1) is 12.1. The maximum absolute atomic E-state index is 12.9. The molecule has 0 N–H and O–H groups in total. The Labute approximate surface area is 147 Å². The number of benzene rings is 1. The second-order valence-corrected chi connectivity index (χ2v) is 5.87. The molecule has 134 valence electrons. The van der Waals surface area contributed by atoms with Crippen LogP contribution >= 0.6 is 0 Å². The van der Waals surface area contributed by atoms with Gasteiger partial charge in [-0.15, -0.1) is 0 Å². The third-order valence-electron chi connectivity index (χ3n) is 3.97. The normalized spacial score (nSPS) is 10.5. The molecular weight excluding hydrogens is 320 g/mol. The van der Waals surface area contributed by atoms with Gasteiger partial charge in [0.15, 0.2) is 5.69 Å². The molecule has 0 saturated heterocycles. The predicted molar refractivity (Wildman–Crippen MR) is 93.3 cm³/mol. The minimum absolute atomic E-state index is 0.0629. The van der Waals surface area contributed by atoms with Crippen molar-refractivity contribution in [2.75, 3.05) is 13.7 Å². The third-order valence-corrected chi connectivity index (χ3v) is 3.97. The van der Waals surface area contributed by atoms with Gasteiger partial charge >= 0.3 is 5.97 Å². The predicted octanol–water partition coefficient (Wildman–Crippen LogP) is 3.60. The molecule has 0 spiro atoms. The number of carbonyl (C=O) groups excluding carboxylic acids is 2. The number of aryl methyl sites for hydroxylation is 1. The summed E-state index contributed by atoms with van der Waals surface area (Å²) in [5.74, 6) is -0.302. The fraction of sp³-hybridized carbons (Fsp3) is 0.421. The summed E-state index contributed by atoms with van der Waals surface area (Å²) >= 11 is 0. The summed E-state index contributed by atoms with van der Waals surface area (Å²) in [6.45, 7) is 4.85. The third kappa shape index (κ3) is 4.92. The monoisotopic (exact) mass is 344 g/mol. The van der Waals surface area contributed by atoms with Crippen molar-refractivity contribution in [3.63, 3.8) is 0 Å². The van der Waals surface area contributed by atoms with Crippen LogP contribution in [0.1, 0.15) is 58.5 Å². The molecule has 1 aromatic heterocycles. The topological polar surface area (TPSA) is 72.6 Å². The van der Waals surface area contributed by atoms with Crippen LogP contribution in [-0.2, 0) is 11.3 Å². The van der Waals surface area contributed by atoms with E-state index in [1.807, 2.05) is 31.2 Å². The van der Waals surface area contributed by atoms with Gasteiger partial charge in [-0.05, 0) is 25.0 Å². The van der Waals surface area contributed by atoms with E-state index in [0.717, 1.165) is 24.8 Å². The second kappa shape index (κ2) is 9.01. The number of carbonyl (C=O) groups is 2. The number of aromatic nitrogens is 1. The number of oxazole rings is 1. The maximum Gasteiger partial charge on any atom is 0.360 e. The zero-order valence-corrected chi connectivity index (χ0v) is 14.9. The number of unbranched alkanes of at least 4 members (excludes halogenated alkanes) is 2. The van der Waals surface area contributed by atoms with Gasteiger partial charge in [-0.3, -0.25) is 4.79 Å². The van der Waals surface area contributed by atoms with Gasteiger partial charge in [0.1, 0.15) is 6.26 Å². The average Bonchev–Trinajstić information content (AvgIpc) is 3.09. The Bertz CT molecular complexity index is 724. The lowest BCUT2D eigenvalue weighted by Gasteiger charge is -2.22. The fourth-order valence-corrected chi connectivity index (χ4v) is 2.53. The van der Waals surface area contributed by atoms with E-state index in [-0.39, 0.29) is 18.1 Å². The highest BCUT2D eigenvalue weighted by Crippen LogP contribution is 2.15. The summed E-state index contributed by atoms with van der Waals surface area (Å²) < 4.78 is 9.96. The molecule has 1 aromatic carbocycles. The van der Waals surface area contributed by atoms with Crippen molar-refractivity contribution in [2.45, 2.75) is 39.7 Å². The lowest BCUT2D eigenvalue weighted by Crippen LogP contribution is -2.32. The minimum atomic E-state index is -0.558. The van der Waals surface area contributed by atoms with E-state index in [1.165, 1.54) is 13.4 Å². The average molecular weight is 344 g/mol. The van der Waals surface area contributed by atoms with E-state index in [9.17, 15) is 9.59 Å². The molecule has 2 aromatic rings. The van der Waals surface area contributed by atoms with Crippen molar-refractivity contribution in [2.24, 2.45) is 0 Å². The molecule has 0 saturated carbocycles. The van der Waals surface area contributed by atoms with Gasteiger partial charge in [0.2, 0.25) is 5.89 Å². The maximum atomic E-state index is 12.9. The second-order valence-electron chi connectivity index (χ2n) is 5.87. The molecular formula is C19H24N2O4. The van der Waals surface area contributed by atoms with E-state index in [2.05, 4.69) is 16.6 Å². The van der Waals surface area contributed by atoms with Crippen LogP contribution in [-0.4, -0.2) is 35.4 Å². The zero-order valence-electron chi connectivity index (χ0n) is 14.9. The number of ether oxygens (including phenoxy) is 1. The molecule has 6 heteroatoms. The molecule has 1 heterocycles. The van der Waals surface area contributed by atoms with Crippen molar-refractivity contribution in [3.8, 4) is 0 Å². The number of esters is 1. The van der Waals surface area contributed by atoms with E-state index in [4.69, 9.17) is 4.42 Å². The first-order valence-corrected chi connectivity index (χ1v) is 8.44. The van der Waals surface area contributed by atoms with Crippen LogP contribution in [0, 0.1) is 6.92 Å². The first-order valence-electron chi connectivity index (χ1n) is 8.44. The summed E-state index contributed by atoms with van der Waals surface area (Å²) in [7, 11) is 1.29. The minimum Gasteiger partial charge on any atom is -0.464 e. The Balaban J connectivity index is 2.17. The molecule has 25 heavy (non-hydrogen) atoms. The van der Waals surface area contributed by atoms with Gasteiger partial charge < -0.3 is 14.1 Å². The summed E-state index contributed by atoms with van der Waals surface area (Å²) in [4.78, 5) is 30.2. The zero-order chi connectivity index (χ0) is 18.2. The molecule has 2 rings (SSSR count). The van der Waals surface area contributed by atoms with Crippen LogP contribution in [0.5, 0.6) is 0 Å². The molecule has 0 aliphatic carbocycles. The van der Waals surface area contributed by atoms with Gasteiger partial charge in [0, 0.05) is 12.1 Å².